The minimum absolute atomic E-state index is 0.205. The van der Waals surface area contributed by atoms with Gasteiger partial charge in [-0.15, -0.1) is 0 Å². The fourth-order valence-corrected chi connectivity index (χ4v) is 2.47. The Morgan fingerprint density at radius 3 is 2.67 bits per heavy atom. The van der Waals surface area contributed by atoms with Crippen molar-refractivity contribution < 1.29 is 9.53 Å². The van der Waals surface area contributed by atoms with Crippen LogP contribution in [0, 0.1) is 0 Å². The Morgan fingerprint density at radius 1 is 1.12 bits per heavy atom. The van der Waals surface area contributed by atoms with Gasteiger partial charge in [0.05, 0.1) is 13.2 Å². The quantitative estimate of drug-likeness (QED) is 0.866. The summed E-state index contributed by atoms with van der Waals surface area (Å²) >= 11 is 0. The number of aromatic nitrogens is 2. The number of nitrogens with one attached hydrogen (secondary N) is 2. The molecule has 2 aromatic rings. The topological polar surface area (TPSA) is 79.4 Å². The molecule has 1 saturated heterocycles. The molecule has 7 nitrogen and oxygen atoms in total. The number of carbonyl (C=O) groups is 1. The Hall–Kier alpha value is -2.67. The van der Waals surface area contributed by atoms with Crippen molar-refractivity contribution in [2.75, 3.05) is 31.2 Å². The van der Waals surface area contributed by atoms with Gasteiger partial charge in [-0.3, -0.25) is 4.98 Å². The van der Waals surface area contributed by atoms with Crippen LogP contribution in [0.1, 0.15) is 11.1 Å². The normalized spacial score (nSPS) is 14.2. The number of anilines is 1. The Kier molecular flexibility index (Phi) is 5.57. The minimum atomic E-state index is -0.205. The highest BCUT2D eigenvalue weighted by Crippen LogP contribution is 2.14. The molecule has 2 amide bonds. The van der Waals surface area contributed by atoms with Crippen molar-refractivity contribution >= 4 is 11.8 Å². The third-order valence-corrected chi connectivity index (χ3v) is 3.77. The van der Waals surface area contributed by atoms with Crippen LogP contribution in [0.15, 0.2) is 42.9 Å². The van der Waals surface area contributed by atoms with Gasteiger partial charge in [-0.05, 0) is 29.3 Å². The molecule has 1 aliphatic heterocycles. The van der Waals surface area contributed by atoms with E-state index in [-0.39, 0.29) is 6.03 Å². The van der Waals surface area contributed by atoms with E-state index in [0.717, 1.165) is 43.2 Å². The number of amides is 2. The number of carbonyl (C=O) groups excluding carboxylic acids is 1. The molecule has 3 heterocycles. The summed E-state index contributed by atoms with van der Waals surface area (Å²) in [5.74, 6) is 0.924. The molecule has 24 heavy (non-hydrogen) atoms. The van der Waals surface area contributed by atoms with E-state index in [9.17, 15) is 4.79 Å². The van der Waals surface area contributed by atoms with Crippen molar-refractivity contribution in [3.05, 3.63) is 54.0 Å². The Balaban J connectivity index is 1.48. The molecule has 3 rings (SSSR count). The third kappa shape index (κ3) is 4.66. The second kappa shape index (κ2) is 8.26. The highest BCUT2D eigenvalue weighted by atomic mass is 16.5. The maximum atomic E-state index is 11.9. The number of ether oxygens (including phenoxy) is 1. The van der Waals surface area contributed by atoms with Crippen LogP contribution in [0.4, 0.5) is 10.6 Å². The zero-order valence-electron chi connectivity index (χ0n) is 13.4. The number of nitrogens with zero attached hydrogens (tertiary/aromatic N) is 3. The molecule has 1 fully saturated rings. The molecule has 2 N–H and O–H groups in total. The summed E-state index contributed by atoms with van der Waals surface area (Å²) in [6.07, 6.45) is 5.21. The van der Waals surface area contributed by atoms with Crippen molar-refractivity contribution in [3.8, 4) is 0 Å². The molecule has 126 valence electrons. The summed E-state index contributed by atoms with van der Waals surface area (Å²) in [5.41, 5.74) is 1.98. The van der Waals surface area contributed by atoms with Gasteiger partial charge >= 0.3 is 6.03 Å². The average molecular weight is 327 g/mol. The molecule has 1 aliphatic rings. The van der Waals surface area contributed by atoms with Crippen molar-refractivity contribution in [3.63, 3.8) is 0 Å². The highest BCUT2D eigenvalue weighted by Gasteiger charge is 2.12. The van der Waals surface area contributed by atoms with Crippen LogP contribution in [0.25, 0.3) is 0 Å². The van der Waals surface area contributed by atoms with Crippen LogP contribution in [-0.4, -0.2) is 42.3 Å². The van der Waals surface area contributed by atoms with Crippen LogP contribution in [0.5, 0.6) is 0 Å². The second-order valence-corrected chi connectivity index (χ2v) is 5.52. The molecule has 7 heteroatoms. The standard InChI is InChI=1S/C17H21N5O2/c23-17(21-13-15-2-1-4-18-11-15)20-12-14-3-5-19-16(10-14)22-6-8-24-9-7-22/h1-5,10-11H,6-9,12-13H2,(H2,20,21,23). The molecule has 0 spiro atoms. The number of urea groups is 1. The first kappa shape index (κ1) is 16.2. The summed E-state index contributed by atoms with van der Waals surface area (Å²) in [6.45, 7) is 4.04. The van der Waals surface area contributed by atoms with Crippen molar-refractivity contribution in [1.29, 1.82) is 0 Å². The minimum Gasteiger partial charge on any atom is -0.378 e. The van der Waals surface area contributed by atoms with Gasteiger partial charge in [-0.25, -0.2) is 9.78 Å². The van der Waals surface area contributed by atoms with E-state index in [2.05, 4.69) is 25.5 Å². The lowest BCUT2D eigenvalue weighted by molar-refractivity contribution is 0.122. The zero-order valence-corrected chi connectivity index (χ0v) is 13.4. The van der Waals surface area contributed by atoms with Crippen LogP contribution < -0.4 is 15.5 Å². The lowest BCUT2D eigenvalue weighted by atomic mass is 10.2. The third-order valence-electron chi connectivity index (χ3n) is 3.77. The van der Waals surface area contributed by atoms with Crippen LogP contribution in [0.3, 0.4) is 0 Å². The fourth-order valence-electron chi connectivity index (χ4n) is 2.47. The summed E-state index contributed by atoms with van der Waals surface area (Å²) in [4.78, 5) is 22.5. The first-order valence-corrected chi connectivity index (χ1v) is 7.99. The Labute approximate surface area is 141 Å². The molecule has 0 saturated carbocycles. The number of hydrogen-bond acceptors (Lipinski definition) is 5. The molecule has 2 aromatic heterocycles. The van der Waals surface area contributed by atoms with Crippen LogP contribution in [-0.2, 0) is 17.8 Å². The van der Waals surface area contributed by atoms with Gasteiger partial charge in [-0.1, -0.05) is 6.07 Å². The van der Waals surface area contributed by atoms with E-state index in [1.54, 1.807) is 18.6 Å². The fraction of sp³-hybridized carbons (Fsp3) is 0.353. The van der Waals surface area contributed by atoms with E-state index in [1.807, 2.05) is 24.3 Å². The predicted octanol–water partition coefficient (Wildman–Crippen LogP) is 1.31. The molecular weight excluding hydrogens is 306 g/mol. The zero-order chi connectivity index (χ0) is 16.6. The van der Waals surface area contributed by atoms with E-state index in [1.165, 1.54) is 0 Å². The SMILES string of the molecule is O=C(NCc1cccnc1)NCc1ccnc(N2CCOCC2)c1. The van der Waals surface area contributed by atoms with Gasteiger partial charge in [0, 0.05) is 44.8 Å². The van der Waals surface area contributed by atoms with Gasteiger partial charge in [0.25, 0.3) is 0 Å². The average Bonchev–Trinajstić information content (AvgIpc) is 2.66. The maximum Gasteiger partial charge on any atom is 0.315 e. The summed E-state index contributed by atoms with van der Waals surface area (Å²) in [6, 6.07) is 7.48. The van der Waals surface area contributed by atoms with Gasteiger partial charge in [0.2, 0.25) is 0 Å². The Bertz CT molecular complexity index is 659. The van der Waals surface area contributed by atoms with E-state index in [0.29, 0.717) is 13.1 Å². The molecular formula is C17H21N5O2. The molecule has 0 unspecified atom stereocenters. The maximum absolute atomic E-state index is 11.9. The number of pyridine rings is 2. The van der Waals surface area contributed by atoms with E-state index < -0.39 is 0 Å². The van der Waals surface area contributed by atoms with E-state index in [4.69, 9.17) is 4.74 Å². The van der Waals surface area contributed by atoms with Crippen molar-refractivity contribution in [2.45, 2.75) is 13.1 Å². The van der Waals surface area contributed by atoms with Gasteiger partial charge < -0.3 is 20.3 Å². The summed E-state index contributed by atoms with van der Waals surface area (Å²) < 4.78 is 5.35. The van der Waals surface area contributed by atoms with E-state index >= 15 is 0 Å². The van der Waals surface area contributed by atoms with Gasteiger partial charge in [0.1, 0.15) is 5.82 Å². The van der Waals surface area contributed by atoms with Crippen molar-refractivity contribution in [2.24, 2.45) is 0 Å². The second-order valence-electron chi connectivity index (χ2n) is 5.52. The van der Waals surface area contributed by atoms with Crippen LogP contribution >= 0.6 is 0 Å². The lowest BCUT2D eigenvalue weighted by Crippen LogP contribution is -2.37. The first-order valence-electron chi connectivity index (χ1n) is 7.99. The smallest absolute Gasteiger partial charge is 0.315 e. The highest BCUT2D eigenvalue weighted by molar-refractivity contribution is 5.73. The molecule has 0 radical (unpaired) electrons. The number of hydrogen-bond donors (Lipinski definition) is 2. The van der Waals surface area contributed by atoms with Gasteiger partial charge in [0.15, 0.2) is 0 Å². The first-order chi connectivity index (χ1) is 11.8. The van der Waals surface area contributed by atoms with Crippen LogP contribution in [0.2, 0.25) is 0 Å². The Morgan fingerprint density at radius 2 is 1.92 bits per heavy atom. The monoisotopic (exact) mass is 327 g/mol. The molecule has 0 aliphatic carbocycles. The number of rotatable bonds is 5. The number of morpholine rings is 1. The summed E-state index contributed by atoms with van der Waals surface area (Å²) in [5, 5.41) is 5.67. The predicted molar refractivity (Wildman–Crippen MR) is 90.6 cm³/mol. The van der Waals surface area contributed by atoms with Gasteiger partial charge in [-0.2, -0.15) is 0 Å². The van der Waals surface area contributed by atoms with Crippen molar-refractivity contribution in [1.82, 2.24) is 20.6 Å². The molecule has 0 aromatic carbocycles. The lowest BCUT2D eigenvalue weighted by Gasteiger charge is -2.28. The molecule has 0 atom stereocenters. The largest absolute Gasteiger partial charge is 0.378 e. The summed E-state index contributed by atoms with van der Waals surface area (Å²) in [7, 11) is 0. The molecule has 0 bridgehead atoms.